The van der Waals surface area contributed by atoms with E-state index in [2.05, 4.69) is 29.2 Å². The highest BCUT2D eigenvalue weighted by Crippen LogP contribution is 2.31. The standard InChI is InChI=1S/C14H20ClN3O2/c1-14(5-7-18(2)8-6-14)9-16-12-10(13(19)20)3-4-11(15)17-12/h3-4H,5-9H2,1-2H3,(H,16,17)(H,19,20). The second kappa shape index (κ2) is 5.97. The molecule has 0 spiro atoms. The van der Waals surface area contributed by atoms with Gasteiger partial charge in [-0.2, -0.15) is 0 Å². The summed E-state index contributed by atoms with van der Waals surface area (Å²) in [7, 11) is 2.12. The molecule has 0 aliphatic carbocycles. The van der Waals surface area contributed by atoms with Gasteiger partial charge in [-0.1, -0.05) is 18.5 Å². The lowest BCUT2D eigenvalue weighted by Gasteiger charge is -2.38. The van der Waals surface area contributed by atoms with Gasteiger partial charge in [0.25, 0.3) is 0 Å². The van der Waals surface area contributed by atoms with E-state index in [1.54, 1.807) is 0 Å². The summed E-state index contributed by atoms with van der Waals surface area (Å²) in [6.07, 6.45) is 2.17. The largest absolute Gasteiger partial charge is 0.478 e. The van der Waals surface area contributed by atoms with Gasteiger partial charge in [-0.15, -0.1) is 0 Å². The summed E-state index contributed by atoms with van der Waals surface area (Å²) in [6, 6.07) is 2.98. The van der Waals surface area contributed by atoms with Gasteiger partial charge < -0.3 is 15.3 Å². The van der Waals surface area contributed by atoms with Crippen molar-refractivity contribution in [2.45, 2.75) is 19.8 Å². The first-order valence-electron chi connectivity index (χ1n) is 6.72. The van der Waals surface area contributed by atoms with Crippen molar-refractivity contribution in [2.75, 3.05) is 32.0 Å². The molecule has 2 rings (SSSR count). The first kappa shape index (κ1) is 15.1. The van der Waals surface area contributed by atoms with Crippen molar-refractivity contribution in [1.29, 1.82) is 0 Å². The number of hydrogen-bond donors (Lipinski definition) is 2. The molecular weight excluding hydrogens is 278 g/mol. The van der Waals surface area contributed by atoms with Crippen LogP contribution in [0.2, 0.25) is 5.15 Å². The Balaban J connectivity index is 2.07. The summed E-state index contributed by atoms with van der Waals surface area (Å²) >= 11 is 5.85. The summed E-state index contributed by atoms with van der Waals surface area (Å²) in [4.78, 5) is 17.6. The molecule has 2 heterocycles. The van der Waals surface area contributed by atoms with Crippen LogP contribution in [-0.2, 0) is 0 Å². The summed E-state index contributed by atoms with van der Waals surface area (Å²) < 4.78 is 0. The Hall–Kier alpha value is -1.33. The molecule has 2 N–H and O–H groups in total. The second-order valence-corrected chi connectivity index (χ2v) is 6.19. The summed E-state index contributed by atoms with van der Waals surface area (Å²) in [6.45, 7) is 5.05. The minimum Gasteiger partial charge on any atom is -0.478 e. The Morgan fingerprint density at radius 2 is 2.15 bits per heavy atom. The number of likely N-dealkylation sites (tertiary alicyclic amines) is 1. The van der Waals surface area contributed by atoms with Crippen LogP contribution in [0, 0.1) is 5.41 Å². The zero-order valence-electron chi connectivity index (χ0n) is 11.8. The third-order valence-electron chi connectivity index (χ3n) is 3.97. The van der Waals surface area contributed by atoms with Crippen LogP contribution in [0.15, 0.2) is 12.1 Å². The average Bonchev–Trinajstić information content (AvgIpc) is 2.40. The maximum absolute atomic E-state index is 11.2. The predicted molar refractivity (Wildman–Crippen MR) is 79.5 cm³/mol. The van der Waals surface area contributed by atoms with Crippen LogP contribution in [0.1, 0.15) is 30.1 Å². The lowest BCUT2D eigenvalue weighted by atomic mass is 9.80. The quantitative estimate of drug-likeness (QED) is 0.836. The van der Waals surface area contributed by atoms with Gasteiger partial charge in [0.15, 0.2) is 0 Å². The number of carbonyl (C=O) groups is 1. The molecule has 0 saturated carbocycles. The number of nitrogens with one attached hydrogen (secondary N) is 1. The lowest BCUT2D eigenvalue weighted by Crippen LogP contribution is -2.40. The first-order chi connectivity index (χ1) is 9.39. The molecule has 1 aromatic rings. The fourth-order valence-electron chi connectivity index (χ4n) is 2.37. The van der Waals surface area contributed by atoms with Gasteiger partial charge in [0.05, 0.1) is 0 Å². The molecule has 1 aliphatic rings. The van der Waals surface area contributed by atoms with Gasteiger partial charge in [0, 0.05) is 6.54 Å². The molecule has 0 atom stereocenters. The number of pyridine rings is 1. The monoisotopic (exact) mass is 297 g/mol. The Kier molecular flexibility index (Phi) is 4.50. The zero-order valence-corrected chi connectivity index (χ0v) is 12.6. The molecule has 0 radical (unpaired) electrons. The Labute approximate surface area is 123 Å². The van der Waals surface area contributed by atoms with Crippen LogP contribution < -0.4 is 5.32 Å². The van der Waals surface area contributed by atoms with E-state index < -0.39 is 5.97 Å². The van der Waals surface area contributed by atoms with Crippen molar-refractivity contribution in [3.63, 3.8) is 0 Å². The SMILES string of the molecule is CN1CCC(C)(CNc2nc(Cl)ccc2C(=O)O)CC1. The number of rotatable bonds is 4. The third-order valence-corrected chi connectivity index (χ3v) is 4.18. The van der Waals surface area contributed by atoms with Crippen molar-refractivity contribution in [2.24, 2.45) is 5.41 Å². The fraction of sp³-hybridized carbons (Fsp3) is 0.571. The van der Waals surface area contributed by atoms with Crippen LogP contribution in [-0.4, -0.2) is 47.6 Å². The Morgan fingerprint density at radius 1 is 1.50 bits per heavy atom. The van der Waals surface area contributed by atoms with Crippen LogP contribution in [0.4, 0.5) is 5.82 Å². The second-order valence-electron chi connectivity index (χ2n) is 5.80. The maximum Gasteiger partial charge on any atom is 0.339 e. The van der Waals surface area contributed by atoms with Crippen molar-refractivity contribution in [3.8, 4) is 0 Å². The third kappa shape index (κ3) is 3.61. The number of halogens is 1. The van der Waals surface area contributed by atoms with E-state index in [1.807, 2.05) is 0 Å². The molecule has 0 unspecified atom stereocenters. The number of nitrogens with zero attached hydrogens (tertiary/aromatic N) is 2. The number of piperidine rings is 1. The molecule has 1 fully saturated rings. The minimum atomic E-state index is -0.995. The maximum atomic E-state index is 11.2. The zero-order chi connectivity index (χ0) is 14.8. The van der Waals surface area contributed by atoms with Gasteiger partial charge in [-0.3, -0.25) is 0 Å². The average molecular weight is 298 g/mol. The van der Waals surface area contributed by atoms with Crippen molar-refractivity contribution >= 4 is 23.4 Å². The predicted octanol–water partition coefficient (Wildman–Crippen LogP) is 2.58. The molecule has 1 aromatic heterocycles. The first-order valence-corrected chi connectivity index (χ1v) is 7.10. The molecule has 5 nitrogen and oxygen atoms in total. The van der Waals surface area contributed by atoms with Crippen LogP contribution in [0.5, 0.6) is 0 Å². The Morgan fingerprint density at radius 3 is 2.75 bits per heavy atom. The summed E-state index contributed by atoms with van der Waals surface area (Å²) in [5.41, 5.74) is 0.317. The summed E-state index contributed by atoms with van der Waals surface area (Å²) in [5, 5.41) is 12.6. The molecule has 110 valence electrons. The number of carboxylic acids is 1. The molecule has 0 aromatic carbocycles. The van der Waals surface area contributed by atoms with Crippen molar-refractivity contribution in [3.05, 3.63) is 22.8 Å². The van der Waals surface area contributed by atoms with E-state index in [0.717, 1.165) is 25.9 Å². The highest BCUT2D eigenvalue weighted by Gasteiger charge is 2.29. The van der Waals surface area contributed by atoms with Gasteiger partial charge in [0.2, 0.25) is 0 Å². The van der Waals surface area contributed by atoms with Gasteiger partial charge >= 0.3 is 5.97 Å². The smallest absolute Gasteiger partial charge is 0.339 e. The topological polar surface area (TPSA) is 65.5 Å². The van der Waals surface area contributed by atoms with Crippen LogP contribution in [0.3, 0.4) is 0 Å². The van der Waals surface area contributed by atoms with E-state index in [4.69, 9.17) is 16.7 Å². The van der Waals surface area contributed by atoms with E-state index in [-0.39, 0.29) is 11.0 Å². The van der Waals surface area contributed by atoms with Gasteiger partial charge in [-0.25, -0.2) is 9.78 Å². The van der Waals surface area contributed by atoms with Crippen LogP contribution in [0.25, 0.3) is 0 Å². The highest BCUT2D eigenvalue weighted by molar-refractivity contribution is 6.29. The number of anilines is 1. The molecule has 20 heavy (non-hydrogen) atoms. The number of hydrogen-bond acceptors (Lipinski definition) is 4. The normalized spacial score (nSPS) is 18.8. The van der Waals surface area contributed by atoms with E-state index >= 15 is 0 Å². The molecule has 0 amide bonds. The Bertz CT molecular complexity index is 499. The van der Waals surface area contributed by atoms with E-state index in [9.17, 15) is 4.79 Å². The highest BCUT2D eigenvalue weighted by atomic mass is 35.5. The van der Waals surface area contributed by atoms with E-state index in [0.29, 0.717) is 17.5 Å². The minimum absolute atomic E-state index is 0.158. The molecule has 0 bridgehead atoms. The van der Waals surface area contributed by atoms with E-state index in [1.165, 1.54) is 12.1 Å². The van der Waals surface area contributed by atoms with Crippen molar-refractivity contribution in [1.82, 2.24) is 9.88 Å². The molecule has 6 heteroatoms. The fourth-order valence-corrected chi connectivity index (χ4v) is 2.52. The lowest BCUT2D eigenvalue weighted by molar-refractivity contribution is 0.0697. The number of aromatic carboxylic acids is 1. The van der Waals surface area contributed by atoms with Gasteiger partial charge in [0.1, 0.15) is 16.5 Å². The van der Waals surface area contributed by atoms with Crippen LogP contribution >= 0.6 is 11.6 Å². The number of carboxylic acid groups (broad SMARTS) is 1. The molecular formula is C14H20ClN3O2. The number of aromatic nitrogens is 1. The van der Waals surface area contributed by atoms with Gasteiger partial charge in [-0.05, 0) is 50.5 Å². The summed E-state index contributed by atoms with van der Waals surface area (Å²) in [5.74, 6) is -0.643. The van der Waals surface area contributed by atoms with Crippen molar-refractivity contribution < 1.29 is 9.90 Å². The molecule has 1 aliphatic heterocycles. The molecule has 1 saturated heterocycles.